The molecule has 78 valence electrons. The molecule has 4 heteroatoms. The minimum Gasteiger partial charge on any atom is -0.380 e. The zero-order chi connectivity index (χ0) is 9.80. The monoisotopic (exact) mass is 195 g/mol. The van der Waals surface area contributed by atoms with E-state index in [0.717, 1.165) is 25.5 Å². The van der Waals surface area contributed by atoms with Crippen molar-refractivity contribution in [1.29, 1.82) is 0 Å². The van der Waals surface area contributed by atoms with Gasteiger partial charge in [0.1, 0.15) is 0 Å². The number of nitrogens with zero attached hydrogens (tertiary/aromatic N) is 1. The number of hydrogen-bond donors (Lipinski definition) is 2. The van der Waals surface area contributed by atoms with Crippen LogP contribution in [0.25, 0.3) is 0 Å². The highest BCUT2D eigenvalue weighted by molar-refractivity contribution is 5.13. The summed E-state index contributed by atoms with van der Waals surface area (Å²) in [5, 5.41) is 10.4. The van der Waals surface area contributed by atoms with Gasteiger partial charge in [0.2, 0.25) is 0 Å². The van der Waals surface area contributed by atoms with Gasteiger partial charge >= 0.3 is 0 Å². The van der Waals surface area contributed by atoms with Crippen molar-refractivity contribution in [2.45, 2.75) is 32.4 Å². The summed E-state index contributed by atoms with van der Waals surface area (Å²) in [6.07, 6.45) is 4.27. The predicted molar refractivity (Wildman–Crippen MR) is 54.0 cm³/mol. The van der Waals surface area contributed by atoms with Gasteiger partial charge in [-0.2, -0.15) is 5.10 Å². The Labute approximate surface area is 84.0 Å². The lowest BCUT2D eigenvalue weighted by Crippen LogP contribution is -2.36. The van der Waals surface area contributed by atoms with Crippen LogP contribution in [0, 0.1) is 6.92 Å². The Kier molecular flexibility index (Phi) is 3.16. The second-order valence-corrected chi connectivity index (χ2v) is 3.82. The van der Waals surface area contributed by atoms with Gasteiger partial charge in [-0.3, -0.25) is 5.10 Å². The molecule has 0 aliphatic carbocycles. The molecule has 0 unspecified atom stereocenters. The Morgan fingerprint density at radius 1 is 1.71 bits per heavy atom. The largest absolute Gasteiger partial charge is 0.380 e. The second kappa shape index (κ2) is 4.57. The first kappa shape index (κ1) is 9.68. The quantitative estimate of drug-likeness (QED) is 0.756. The molecular weight excluding hydrogens is 178 g/mol. The van der Waals surface area contributed by atoms with Crippen LogP contribution in [0.4, 0.5) is 0 Å². The van der Waals surface area contributed by atoms with Gasteiger partial charge in [0.05, 0.1) is 12.8 Å². The zero-order valence-corrected chi connectivity index (χ0v) is 8.55. The smallest absolute Gasteiger partial charge is 0.0619 e. The van der Waals surface area contributed by atoms with Gasteiger partial charge in [-0.1, -0.05) is 0 Å². The van der Waals surface area contributed by atoms with Crippen molar-refractivity contribution in [3.05, 3.63) is 17.5 Å². The number of hydrogen-bond acceptors (Lipinski definition) is 3. The van der Waals surface area contributed by atoms with E-state index >= 15 is 0 Å². The average Bonchev–Trinajstić information content (AvgIpc) is 2.63. The summed E-state index contributed by atoms with van der Waals surface area (Å²) in [6.45, 7) is 4.69. The fourth-order valence-corrected chi connectivity index (χ4v) is 1.71. The van der Waals surface area contributed by atoms with Gasteiger partial charge in [0.25, 0.3) is 0 Å². The maximum absolute atomic E-state index is 5.40. The summed E-state index contributed by atoms with van der Waals surface area (Å²) in [5.41, 5.74) is 2.39. The van der Waals surface area contributed by atoms with Gasteiger partial charge in [-0.05, 0) is 19.8 Å². The Morgan fingerprint density at radius 2 is 2.64 bits per heavy atom. The average molecular weight is 195 g/mol. The van der Waals surface area contributed by atoms with E-state index in [1.165, 1.54) is 18.4 Å². The molecular formula is C10H17N3O. The minimum absolute atomic E-state index is 0.512. The van der Waals surface area contributed by atoms with E-state index in [0.29, 0.717) is 6.04 Å². The standard InChI is InChI=1S/C10H17N3O/c1-8-9(6-12-13-8)5-11-10-3-2-4-14-7-10/h6,10-11H,2-5,7H2,1H3,(H,12,13)/t10-/m0/s1. The van der Waals surface area contributed by atoms with Crippen molar-refractivity contribution in [3.8, 4) is 0 Å². The first-order valence-corrected chi connectivity index (χ1v) is 5.16. The van der Waals surface area contributed by atoms with Crippen molar-refractivity contribution >= 4 is 0 Å². The molecule has 0 bridgehead atoms. The highest BCUT2D eigenvalue weighted by atomic mass is 16.5. The molecule has 2 heterocycles. The molecule has 1 aliphatic rings. The van der Waals surface area contributed by atoms with Crippen LogP contribution in [0.2, 0.25) is 0 Å². The lowest BCUT2D eigenvalue weighted by molar-refractivity contribution is 0.0699. The number of nitrogens with one attached hydrogen (secondary N) is 2. The van der Waals surface area contributed by atoms with E-state index in [9.17, 15) is 0 Å². The molecule has 0 saturated carbocycles. The van der Waals surface area contributed by atoms with Crippen LogP contribution < -0.4 is 5.32 Å². The minimum atomic E-state index is 0.512. The molecule has 1 aliphatic heterocycles. The molecule has 0 amide bonds. The number of rotatable bonds is 3. The summed E-state index contributed by atoms with van der Waals surface area (Å²) >= 11 is 0. The molecule has 0 aromatic carbocycles. The highest BCUT2D eigenvalue weighted by Gasteiger charge is 2.13. The molecule has 2 N–H and O–H groups in total. The van der Waals surface area contributed by atoms with Crippen LogP contribution in [-0.4, -0.2) is 29.5 Å². The van der Waals surface area contributed by atoms with Gasteiger partial charge in [0.15, 0.2) is 0 Å². The first-order valence-electron chi connectivity index (χ1n) is 5.16. The van der Waals surface area contributed by atoms with E-state index in [1.54, 1.807) is 0 Å². The van der Waals surface area contributed by atoms with Crippen LogP contribution in [0.5, 0.6) is 0 Å². The third-order valence-corrected chi connectivity index (χ3v) is 2.68. The summed E-state index contributed by atoms with van der Waals surface area (Å²) in [4.78, 5) is 0. The predicted octanol–water partition coefficient (Wildman–Crippen LogP) is 0.987. The van der Waals surface area contributed by atoms with E-state index in [1.807, 2.05) is 13.1 Å². The zero-order valence-electron chi connectivity index (χ0n) is 8.55. The number of aromatic amines is 1. The lowest BCUT2D eigenvalue weighted by Gasteiger charge is -2.23. The second-order valence-electron chi connectivity index (χ2n) is 3.82. The Balaban J connectivity index is 1.79. The molecule has 0 radical (unpaired) electrons. The molecule has 1 fully saturated rings. The maximum atomic E-state index is 5.40. The van der Waals surface area contributed by atoms with E-state index in [4.69, 9.17) is 4.74 Å². The van der Waals surface area contributed by atoms with Crippen LogP contribution >= 0.6 is 0 Å². The summed E-state index contributed by atoms with van der Waals surface area (Å²) < 4.78 is 5.40. The van der Waals surface area contributed by atoms with E-state index in [-0.39, 0.29) is 0 Å². The van der Waals surface area contributed by atoms with Crippen molar-refractivity contribution in [3.63, 3.8) is 0 Å². The topological polar surface area (TPSA) is 49.9 Å². The number of aromatic nitrogens is 2. The van der Waals surface area contributed by atoms with Gasteiger partial charge in [-0.15, -0.1) is 0 Å². The Morgan fingerprint density at radius 3 is 3.29 bits per heavy atom. The third kappa shape index (κ3) is 2.33. The van der Waals surface area contributed by atoms with Crippen molar-refractivity contribution in [1.82, 2.24) is 15.5 Å². The van der Waals surface area contributed by atoms with E-state index in [2.05, 4.69) is 15.5 Å². The highest BCUT2D eigenvalue weighted by Crippen LogP contribution is 2.08. The number of H-pyrrole nitrogens is 1. The number of aryl methyl sites for hydroxylation is 1. The van der Waals surface area contributed by atoms with Gasteiger partial charge in [0, 0.05) is 30.5 Å². The molecule has 2 rings (SSSR count). The van der Waals surface area contributed by atoms with Gasteiger partial charge in [-0.25, -0.2) is 0 Å². The summed E-state index contributed by atoms with van der Waals surface area (Å²) in [6, 6.07) is 0.512. The fraction of sp³-hybridized carbons (Fsp3) is 0.700. The number of ether oxygens (including phenoxy) is 1. The maximum Gasteiger partial charge on any atom is 0.0619 e. The summed E-state index contributed by atoms with van der Waals surface area (Å²) in [7, 11) is 0. The fourth-order valence-electron chi connectivity index (χ4n) is 1.71. The molecule has 1 atom stereocenters. The first-order chi connectivity index (χ1) is 6.86. The normalized spacial score (nSPS) is 22.5. The van der Waals surface area contributed by atoms with Gasteiger partial charge < -0.3 is 10.1 Å². The molecule has 1 saturated heterocycles. The van der Waals surface area contributed by atoms with E-state index < -0.39 is 0 Å². The Hall–Kier alpha value is -0.870. The third-order valence-electron chi connectivity index (χ3n) is 2.68. The Bertz CT molecular complexity index is 279. The van der Waals surface area contributed by atoms with Crippen molar-refractivity contribution in [2.75, 3.05) is 13.2 Å². The molecule has 0 spiro atoms. The molecule has 1 aromatic heterocycles. The molecule has 14 heavy (non-hydrogen) atoms. The van der Waals surface area contributed by atoms with Crippen molar-refractivity contribution in [2.24, 2.45) is 0 Å². The molecule has 1 aromatic rings. The van der Waals surface area contributed by atoms with Crippen LogP contribution in [-0.2, 0) is 11.3 Å². The van der Waals surface area contributed by atoms with Crippen molar-refractivity contribution < 1.29 is 4.74 Å². The summed E-state index contributed by atoms with van der Waals surface area (Å²) in [5.74, 6) is 0. The van der Waals surface area contributed by atoms with Crippen LogP contribution in [0.1, 0.15) is 24.1 Å². The lowest BCUT2D eigenvalue weighted by atomic mass is 10.1. The van der Waals surface area contributed by atoms with Crippen LogP contribution in [0.15, 0.2) is 6.20 Å². The van der Waals surface area contributed by atoms with Crippen LogP contribution in [0.3, 0.4) is 0 Å². The SMILES string of the molecule is Cc1[nH]ncc1CN[C@H]1CCCOC1. The molecule has 4 nitrogen and oxygen atoms in total.